The number of esters is 1. The second-order valence-electron chi connectivity index (χ2n) is 6.64. The second kappa shape index (κ2) is 5.44. The predicted molar refractivity (Wildman–Crippen MR) is 89.1 cm³/mol. The smallest absolute Gasteiger partial charge is 0.315 e. The third kappa shape index (κ3) is 2.26. The van der Waals surface area contributed by atoms with Gasteiger partial charge in [0.15, 0.2) is 0 Å². The molecule has 2 aliphatic rings. The molecule has 3 heterocycles. The Morgan fingerprint density at radius 2 is 1.96 bits per heavy atom. The number of sulfonamides is 1. The molecule has 0 N–H and O–H groups in total. The summed E-state index contributed by atoms with van der Waals surface area (Å²) in [6, 6.07) is 9.42. The fourth-order valence-corrected chi connectivity index (χ4v) is 5.47. The van der Waals surface area contributed by atoms with E-state index in [1.807, 2.05) is 13.8 Å². The predicted octanol–water partition coefficient (Wildman–Crippen LogP) is 2.66. The van der Waals surface area contributed by atoms with Crippen molar-refractivity contribution >= 4 is 16.0 Å². The molecule has 1 aromatic heterocycles. The monoisotopic (exact) mass is 361 g/mol. The first-order valence-electron chi connectivity index (χ1n) is 8.24. The van der Waals surface area contributed by atoms with E-state index in [2.05, 4.69) is 0 Å². The van der Waals surface area contributed by atoms with Crippen LogP contribution >= 0.6 is 0 Å². The molecule has 0 spiro atoms. The summed E-state index contributed by atoms with van der Waals surface area (Å²) in [4.78, 5) is 12.4. The Morgan fingerprint density at radius 3 is 2.52 bits per heavy atom. The number of ether oxygens (including phenoxy) is 1. The summed E-state index contributed by atoms with van der Waals surface area (Å²) in [5.41, 5.74) is 0.207. The van der Waals surface area contributed by atoms with Crippen LogP contribution in [-0.2, 0) is 19.6 Å². The first kappa shape index (κ1) is 16.4. The quantitative estimate of drug-likeness (QED) is 0.783. The maximum Gasteiger partial charge on any atom is 0.315 e. The molecule has 0 unspecified atom stereocenters. The molecule has 0 radical (unpaired) electrons. The lowest BCUT2D eigenvalue weighted by Gasteiger charge is -2.42. The van der Waals surface area contributed by atoms with Gasteiger partial charge in [0, 0.05) is 0 Å². The van der Waals surface area contributed by atoms with Crippen LogP contribution in [0.2, 0.25) is 0 Å². The van der Waals surface area contributed by atoms with Crippen LogP contribution in [-0.4, -0.2) is 30.8 Å². The molecular weight excluding hydrogens is 342 g/mol. The Labute approximate surface area is 146 Å². The van der Waals surface area contributed by atoms with Gasteiger partial charge in [-0.1, -0.05) is 24.6 Å². The molecule has 6 nitrogen and oxygen atoms in total. The van der Waals surface area contributed by atoms with Gasteiger partial charge >= 0.3 is 5.97 Å². The molecule has 0 bridgehead atoms. The van der Waals surface area contributed by atoms with Crippen LogP contribution in [0.3, 0.4) is 0 Å². The SMILES string of the molecule is CC[C@]12CN(S(=O)(=O)c3ccc(C)cc3)[C@H](c3ccco3)[C@H]1C(=O)O2. The van der Waals surface area contributed by atoms with Gasteiger partial charge < -0.3 is 9.15 Å². The lowest BCUT2D eigenvalue weighted by molar-refractivity contribution is -0.206. The Hall–Kier alpha value is -2.12. The van der Waals surface area contributed by atoms with Gasteiger partial charge in [0.25, 0.3) is 0 Å². The first-order valence-corrected chi connectivity index (χ1v) is 9.68. The number of hydrogen-bond acceptors (Lipinski definition) is 5. The highest BCUT2D eigenvalue weighted by Crippen LogP contribution is 2.55. The lowest BCUT2D eigenvalue weighted by atomic mass is 9.78. The topological polar surface area (TPSA) is 76.8 Å². The van der Waals surface area contributed by atoms with Crippen molar-refractivity contribution in [3.05, 3.63) is 54.0 Å². The molecule has 0 amide bonds. The van der Waals surface area contributed by atoms with Gasteiger partial charge in [0.2, 0.25) is 10.0 Å². The third-order valence-corrected chi connectivity index (χ3v) is 7.08. The zero-order chi connectivity index (χ0) is 17.8. The molecule has 0 aliphatic carbocycles. The van der Waals surface area contributed by atoms with E-state index < -0.39 is 27.6 Å². The van der Waals surface area contributed by atoms with Crippen molar-refractivity contribution < 1.29 is 22.4 Å². The van der Waals surface area contributed by atoms with Crippen LogP contribution in [0, 0.1) is 12.8 Å². The molecule has 25 heavy (non-hydrogen) atoms. The van der Waals surface area contributed by atoms with Gasteiger partial charge in [-0.05, 0) is 37.6 Å². The Bertz CT molecular complexity index is 903. The Kier molecular flexibility index (Phi) is 3.56. The third-order valence-electron chi connectivity index (χ3n) is 5.23. The van der Waals surface area contributed by atoms with E-state index in [1.165, 1.54) is 10.6 Å². The fraction of sp³-hybridized carbons (Fsp3) is 0.389. The van der Waals surface area contributed by atoms with Crippen molar-refractivity contribution in [3.8, 4) is 0 Å². The number of nitrogens with zero attached hydrogens (tertiary/aromatic N) is 1. The Balaban J connectivity index is 1.82. The fourth-order valence-electron chi connectivity index (χ4n) is 3.81. The number of rotatable bonds is 4. The average molecular weight is 361 g/mol. The highest BCUT2D eigenvalue weighted by atomic mass is 32.2. The van der Waals surface area contributed by atoms with Gasteiger partial charge in [-0.15, -0.1) is 0 Å². The second-order valence-corrected chi connectivity index (χ2v) is 8.53. The lowest BCUT2D eigenvalue weighted by Crippen LogP contribution is -2.56. The average Bonchev–Trinajstić information content (AvgIpc) is 3.18. The minimum atomic E-state index is -3.79. The molecule has 3 atom stereocenters. The number of hydrogen-bond donors (Lipinski definition) is 0. The zero-order valence-corrected chi connectivity index (χ0v) is 14.8. The Morgan fingerprint density at radius 1 is 1.24 bits per heavy atom. The van der Waals surface area contributed by atoms with Gasteiger partial charge in [0.1, 0.15) is 23.3 Å². The van der Waals surface area contributed by atoms with Crippen molar-refractivity contribution in [2.75, 3.05) is 6.54 Å². The minimum Gasteiger partial charge on any atom is -0.468 e. The summed E-state index contributed by atoms with van der Waals surface area (Å²) >= 11 is 0. The number of fused-ring (bicyclic) bond motifs is 1. The van der Waals surface area contributed by atoms with E-state index in [0.717, 1.165) is 5.56 Å². The summed E-state index contributed by atoms with van der Waals surface area (Å²) < 4.78 is 38.8. The van der Waals surface area contributed by atoms with Crippen molar-refractivity contribution in [2.24, 2.45) is 5.92 Å². The largest absolute Gasteiger partial charge is 0.468 e. The van der Waals surface area contributed by atoms with Crippen molar-refractivity contribution in [1.82, 2.24) is 4.31 Å². The highest BCUT2D eigenvalue weighted by Gasteiger charge is 2.68. The van der Waals surface area contributed by atoms with Gasteiger partial charge in [-0.2, -0.15) is 4.31 Å². The molecule has 132 valence electrons. The molecule has 2 aromatic rings. The standard InChI is InChI=1S/C18H19NO5S/c1-3-18-11-19(25(21,22)13-8-6-12(2)7-9-13)16(14-5-4-10-23-14)15(18)17(20)24-18/h4-10,15-16H,3,11H2,1-2H3/t15-,16+,18-/m0/s1. The summed E-state index contributed by atoms with van der Waals surface area (Å²) in [7, 11) is -3.79. The molecule has 0 saturated carbocycles. The molecule has 2 aliphatic heterocycles. The van der Waals surface area contributed by atoms with Gasteiger partial charge in [0.05, 0.1) is 17.7 Å². The van der Waals surface area contributed by atoms with E-state index in [1.54, 1.807) is 36.4 Å². The van der Waals surface area contributed by atoms with Crippen molar-refractivity contribution in [2.45, 2.75) is 36.8 Å². The summed E-state index contributed by atoms with van der Waals surface area (Å²) in [6.07, 6.45) is 2.04. The van der Waals surface area contributed by atoms with Crippen LogP contribution in [0.15, 0.2) is 52.0 Å². The molecule has 1 aromatic carbocycles. The van der Waals surface area contributed by atoms with Gasteiger partial charge in [-0.3, -0.25) is 4.79 Å². The minimum absolute atomic E-state index is 0.140. The van der Waals surface area contributed by atoms with Crippen LogP contribution < -0.4 is 0 Å². The number of benzene rings is 1. The van der Waals surface area contributed by atoms with E-state index >= 15 is 0 Å². The van der Waals surface area contributed by atoms with E-state index in [9.17, 15) is 13.2 Å². The maximum absolute atomic E-state index is 13.3. The van der Waals surface area contributed by atoms with Crippen LogP contribution in [0.1, 0.15) is 30.7 Å². The molecule has 2 fully saturated rings. The molecule has 4 rings (SSSR count). The van der Waals surface area contributed by atoms with E-state index in [-0.39, 0.29) is 17.4 Å². The van der Waals surface area contributed by atoms with Crippen LogP contribution in [0.25, 0.3) is 0 Å². The van der Waals surface area contributed by atoms with E-state index in [0.29, 0.717) is 12.2 Å². The number of carbonyl (C=O) groups excluding carboxylic acids is 1. The highest BCUT2D eigenvalue weighted by molar-refractivity contribution is 7.89. The summed E-state index contributed by atoms with van der Waals surface area (Å²) in [6.45, 7) is 3.94. The zero-order valence-electron chi connectivity index (χ0n) is 14.0. The maximum atomic E-state index is 13.3. The van der Waals surface area contributed by atoms with E-state index in [4.69, 9.17) is 9.15 Å². The van der Waals surface area contributed by atoms with Crippen LogP contribution in [0.4, 0.5) is 0 Å². The number of furan rings is 1. The summed E-state index contributed by atoms with van der Waals surface area (Å²) in [5, 5.41) is 0. The number of aryl methyl sites for hydroxylation is 1. The number of carbonyl (C=O) groups is 1. The summed E-state index contributed by atoms with van der Waals surface area (Å²) in [5.74, 6) is -0.443. The van der Waals surface area contributed by atoms with Crippen LogP contribution in [0.5, 0.6) is 0 Å². The first-order chi connectivity index (χ1) is 11.9. The molecular formula is C18H19NO5S. The van der Waals surface area contributed by atoms with Crippen molar-refractivity contribution in [1.29, 1.82) is 0 Å². The normalized spacial score (nSPS) is 29.1. The van der Waals surface area contributed by atoms with Crippen molar-refractivity contribution in [3.63, 3.8) is 0 Å². The molecule has 2 saturated heterocycles. The van der Waals surface area contributed by atoms with Gasteiger partial charge in [-0.25, -0.2) is 8.42 Å². The molecule has 7 heteroatoms.